The van der Waals surface area contributed by atoms with Gasteiger partial charge in [0.05, 0.1) is 18.8 Å². The van der Waals surface area contributed by atoms with Crippen LogP contribution < -0.4 is 9.47 Å². The second-order valence-electron chi connectivity index (χ2n) is 7.21. The standard InChI is InChI=1S/C26H24O7/c1-3-24(27)30-14-4-5-15-31-26(29)33-23-13-10-19-16-21(9-8-20(19)17-23)25(28)32-22-11-6-18(2)7-12-22/h3,6-13,16-17H,1,4-5,14-15H2,2H3. The van der Waals surface area contributed by atoms with Crippen molar-refractivity contribution in [2.45, 2.75) is 19.8 Å². The van der Waals surface area contributed by atoms with Gasteiger partial charge in [0.1, 0.15) is 11.5 Å². The molecule has 3 rings (SSSR count). The van der Waals surface area contributed by atoms with Crippen molar-refractivity contribution >= 4 is 28.9 Å². The summed E-state index contributed by atoms with van der Waals surface area (Å²) in [6.45, 7) is 5.64. The molecule has 7 nitrogen and oxygen atoms in total. The Labute approximate surface area is 191 Å². The molecule has 0 radical (unpaired) electrons. The lowest BCUT2D eigenvalue weighted by Crippen LogP contribution is -2.12. The summed E-state index contributed by atoms with van der Waals surface area (Å²) in [6.07, 6.45) is 1.35. The Kier molecular flexibility index (Phi) is 8.18. The molecule has 0 amide bonds. The van der Waals surface area contributed by atoms with E-state index in [2.05, 4.69) is 6.58 Å². The van der Waals surface area contributed by atoms with E-state index >= 15 is 0 Å². The fourth-order valence-corrected chi connectivity index (χ4v) is 2.90. The first kappa shape index (κ1) is 23.5. The van der Waals surface area contributed by atoms with Gasteiger partial charge < -0.3 is 18.9 Å². The zero-order chi connectivity index (χ0) is 23.6. The average Bonchev–Trinajstić information content (AvgIpc) is 2.82. The number of carbonyl (C=O) groups is 3. The topological polar surface area (TPSA) is 88.1 Å². The first-order valence-corrected chi connectivity index (χ1v) is 10.4. The van der Waals surface area contributed by atoms with Crippen LogP contribution in [0.4, 0.5) is 4.79 Å². The zero-order valence-corrected chi connectivity index (χ0v) is 18.2. The Morgan fingerprint density at radius 1 is 0.788 bits per heavy atom. The van der Waals surface area contributed by atoms with E-state index in [0.29, 0.717) is 29.9 Å². The summed E-state index contributed by atoms with van der Waals surface area (Å²) < 4.78 is 20.5. The Morgan fingerprint density at radius 2 is 1.42 bits per heavy atom. The van der Waals surface area contributed by atoms with Gasteiger partial charge in [0.2, 0.25) is 0 Å². The molecule has 0 aliphatic heterocycles. The van der Waals surface area contributed by atoms with Crippen molar-refractivity contribution < 1.29 is 33.3 Å². The largest absolute Gasteiger partial charge is 0.513 e. The molecule has 0 unspecified atom stereocenters. The van der Waals surface area contributed by atoms with E-state index in [4.69, 9.17) is 18.9 Å². The maximum atomic E-state index is 12.4. The summed E-state index contributed by atoms with van der Waals surface area (Å²) in [5.41, 5.74) is 1.49. The van der Waals surface area contributed by atoms with Crippen molar-refractivity contribution in [3.8, 4) is 11.5 Å². The number of rotatable bonds is 9. The minimum Gasteiger partial charge on any atom is -0.463 e. The highest BCUT2D eigenvalue weighted by atomic mass is 16.7. The normalized spacial score (nSPS) is 10.3. The lowest BCUT2D eigenvalue weighted by Gasteiger charge is -2.08. The monoisotopic (exact) mass is 448 g/mol. The van der Waals surface area contributed by atoms with Crippen LogP contribution in [0.25, 0.3) is 10.8 Å². The second kappa shape index (κ2) is 11.5. The number of unbranched alkanes of at least 4 members (excludes halogenated alkanes) is 1. The molecule has 0 heterocycles. The third kappa shape index (κ3) is 7.21. The number of benzene rings is 3. The van der Waals surface area contributed by atoms with Crippen molar-refractivity contribution in [2.75, 3.05) is 13.2 Å². The summed E-state index contributed by atoms with van der Waals surface area (Å²) in [4.78, 5) is 35.2. The number of fused-ring (bicyclic) bond motifs is 1. The maximum absolute atomic E-state index is 12.4. The average molecular weight is 448 g/mol. The van der Waals surface area contributed by atoms with E-state index in [1.54, 1.807) is 48.5 Å². The molecular formula is C26H24O7. The van der Waals surface area contributed by atoms with E-state index in [-0.39, 0.29) is 13.2 Å². The lowest BCUT2D eigenvalue weighted by molar-refractivity contribution is -0.137. The Bertz CT molecular complexity index is 1150. The quantitative estimate of drug-likeness (QED) is 0.143. The van der Waals surface area contributed by atoms with Crippen LogP contribution in [-0.2, 0) is 14.3 Å². The molecule has 0 spiro atoms. The maximum Gasteiger partial charge on any atom is 0.513 e. The van der Waals surface area contributed by atoms with E-state index < -0.39 is 18.1 Å². The summed E-state index contributed by atoms with van der Waals surface area (Å²) in [7, 11) is 0. The molecule has 3 aromatic carbocycles. The first-order valence-electron chi connectivity index (χ1n) is 10.4. The molecule has 0 saturated carbocycles. The van der Waals surface area contributed by atoms with Crippen molar-refractivity contribution in [1.82, 2.24) is 0 Å². The molecule has 0 bridgehead atoms. The van der Waals surface area contributed by atoms with Crippen LogP contribution in [0, 0.1) is 6.92 Å². The highest BCUT2D eigenvalue weighted by molar-refractivity contribution is 5.96. The van der Waals surface area contributed by atoms with Crippen molar-refractivity contribution in [2.24, 2.45) is 0 Å². The summed E-state index contributed by atoms with van der Waals surface area (Å²) in [5.74, 6) is -0.140. The molecule has 0 aliphatic carbocycles. The Morgan fingerprint density at radius 3 is 2.15 bits per heavy atom. The molecule has 7 heteroatoms. The van der Waals surface area contributed by atoms with Gasteiger partial charge in [0, 0.05) is 6.08 Å². The molecule has 3 aromatic rings. The number of esters is 2. The van der Waals surface area contributed by atoms with E-state index in [1.807, 2.05) is 19.1 Å². The smallest absolute Gasteiger partial charge is 0.463 e. The minimum atomic E-state index is -0.823. The molecule has 0 saturated heterocycles. The Balaban J connectivity index is 1.51. The van der Waals surface area contributed by atoms with Gasteiger partial charge in [-0.2, -0.15) is 0 Å². The van der Waals surface area contributed by atoms with E-state index in [1.165, 1.54) is 0 Å². The number of hydrogen-bond donors (Lipinski definition) is 0. The molecular weight excluding hydrogens is 424 g/mol. The summed E-state index contributed by atoms with van der Waals surface area (Å²) >= 11 is 0. The van der Waals surface area contributed by atoms with Gasteiger partial charge in [-0.15, -0.1) is 0 Å². The van der Waals surface area contributed by atoms with Gasteiger partial charge in [-0.25, -0.2) is 14.4 Å². The van der Waals surface area contributed by atoms with E-state index in [9.17, 15) is 14.4 Å². The van der Waals surface area contributed by atoms with Gasteiger partial charge in [-0.1, -0.05) is 36.4 Å². The fraction of sp³-hybridized carbons (Fsp3) is 0.192. The predicted molar refractivity (Wildman–Crippen MR) is 122 cm³/mol. The Hall–Kier alpha value is -4.13. The summed E-state index contributed by atoms with van der Waals surface area (Å²) in [6, 6.07) is 17.4. The molecule has 0 aliphatic rings. The van der Waals surface area contributed by atoms with Crippen LogP contribution in [0.15, 0.2) is 73.3 Å². The van der Waals surface area contributed by atoms with E-state index in [0.717, 1.165) is 22.4 Å². The van der Waals surface area contributed by atoms with Gasteiger partial charge in [-0.05, 0) is 66.9 Å². The third-order valence-electron chi connectivity index (χ3n) is 4.65. The first-order chi connectivity index (χ1) is 15.9. The number of ether oxygens (including phenoxy) is 4. The fourth-order valence-electron chi connectivity index (χ4n) is 2.90. The molecule has 0 aromatic heterocycles. The lowest BCUT2D eigenvalue weighted by atomic mass is 10.1. The number of carbonyl (C=O) groups excluding carboxylic acids is 3. The van der Waals surface area contributed by atoms with Crippen LogP contribution in [0.1, 0.15) is 28.8 Å². The van der Waals surface area contributed by atoms with Crippen LogP contribution >= 0.6 is 0 Å². The predicted octanol–water partition coefficient (Wildman–Crippen LogP) is 5.39. The SMILES string of the molecule is C=CC(=O)OCCCCOC(=O)Oc1ccc2cc(C(=O)Oc3ccc(C)cc3)ccc2c1. The summed E-state index contributed by atoms with van der Waals surface area (Å²) in [5, 5.41) is 1.58. The highest BCUT2D eigenvalue weighted by Gasteiger charge is 2.11. The molecule has 33 heavy (non-hydrogen) atoms. The zero-order valence-electron chi connectivity index (χ0n) is 18.2. The van der Waals surface area contributed by atoms with Gasteiger partial charge in [0.25, 0.3) is 0 Å². The second-order valence-corrected chi connectivity index (χ2v) is 7.21. The third-order valence-corrected chi connectivity index (χ3v) is 4.65. The van der Waals surface area contributed by atoms with Crippen molar-refractivity contribution in [3.05, 3.63) is 84.4 Å². The minimum absolute atomic E-state index is 0.143. The van der Waals surface area contributed by atoms with Gasteiger partial charge in [-0.3, -0.25) is 0 Å². The van der Waals surface area contributed by atoms with Crippen molar-refractivity contribution in [1.29, 1.82) is 0 Å². The molecule has 0 fully saturated rings. The van der Waals surface area contributed by atoms with Crippen LogP contribution in [0.3, 0.4) is 0 Å². The van der Waals surface area contributed by atoms with Gasteiger partial charge >= 0.3 is 18.1 Å². The van der Waals surface area contributed by atoms with Gasteiger partial charge in [0.15, 0.2) is 0 Å². The van der Waals surface area contributed by atoms with Crippen LogP contribution in [0.2, 0.25) is 0 Å². The number of hydrogen-bond acceptors (Lipinski definition) is 7. The van der Waals surface area contributed by atoms with Crippen LogP contribution in [0.5, 0.6) is 11.5 Å². The molecule has 0 atom stereocenters. The highest BCUT2D eigenvalue weighted by Crippen LogP contribution is 2.23. The number of aryl methyl sites for hydroxylation is 1. The molecule has 170 valence electrons. The van der Waals surface area contributed by atoms with Crippen molar-refractivity contribution in [3.63, 3.8) is 0 Å². The van der Waals surface area contributed by atoms with Crippen LogP contribution in [-0.4, -0.2) is 31.3 Å². The molecule has 0 N–H and O–H groups in total.